The van der Waals surface area contributed by atoms with Crippen LogP contribution in [0.3, 0.4) is 0 Å². The molecule has 7 nitrogen and oxygen atoms in total. The zero-order valence-electron chi connectivity index (χ0n) is 11.9. The van der Waals surface area contributed by atoms with Crippen LogP contribution in [0.5, 0.6) is 0 Å². The van der Waals surface area contributed by atoms with Crippen molar-refractivity contribution in [3.05, 3.63) is 0 Å². The molecule has 110 valence electrons. The van der Waals surface area contributed by atoms with Crippen LogP contribution in [0.4, 0.5) is 4.79 Å². The van der Waals surface area contributed by atoms with Crippen molar-refractivity contribution in [2.75, 3.05) is 20.6 Å². The van der Waals surface area contributed by atoms with Crippen molar-refractivity contribution in [1.29, 1.82) is 0 Å². The zero-order valence-corrected chi connectivity index (χ0v) is 11.9. The van der Waals surface area contributed by atoms with Crippen LogP contribution in [0.15, 0.2) is 0 Å². The fourth-order valence-electron chi connectivity index (χ4n) is 1.41. The van der Waals surface area contributed by atoms with Gasteiger partial charge in [-0.05, 0) is 12.3 Å². The molecule has 0 fully saturated rings. The minimum absolute atomic E-state index is 0.0998. The second-order valence-corrected chi connectivity index (χ2v) is 4.96. The summed E-state index contributed by atoms with van der Waals surface area (Å²) >= 11 is 0. The number of carbonyl (C=O) groups excluding carboxylic acids is 2. The van der Waals surface area contributed by atoms with Gasteiger partial charge in [-0.3, -0.25) is 4.79 Å². The second kappa shape index (κ2) is 8.34. The molecule has 3 N–H and O–H groups in total. The second-order valence-electron chi connectivity index (χ2n) is 4.96. The smallest absolute Gasteiger partial charge is 0.326 e. The minimum atomic E-state index is -1.06. The van der Waals surface area contributed by atoms with Gasteiger partial charge in [-0.1, -0.05) is 13.8 Å². The molecule has 0 unspecified atom stereocenters. The van der Waals surface area contributed by atoms with E-state index in [1.807, 2.05) is 13.8 Å². The lowest BCUT2D eigenvalue weighted by atomic mass is 10.0. The van der Waals surface area contributed by atoms with Crippen molar-refractivity contribution < 1.29 is 19.5 Å². The Labute approximate surface area is 113 Å². The lowest BCUT2D eigenvalue weighted by Gasteiger charge is -2.17. The van der Waals surface area contributed by atoms with Gasteiger partial charge in [0.25, 0.3) is 0 Å². The molecule has 1 atom stereocenters. The number of amides is 3. The number of rotatable bonds is 7. The lowest BCUT2D eigenvalue weighted by molar-refractivity contribution is -0.139. The number of hydrogen-bond donors (Lipinski definition) is 3. The van der Waals surface area contributed by atoms with Crippen LogP contribution in [0.1, 0.15) is 26.7 Å². The van der Waals surface area contributed by atoms with Crippen LogP contribution < -0.4 is 10.6 Å². The highest BCUT2D eigenvalue weighted by atomic mass is 16.4. The van der Waals surface area contributed by atoms with E-state index in [0.29, 0.717) is 6.42 Å². The van der Waals surface area contributed by atoms with E-state index in [1.54, 1.807) is 14.1 Å². The fourth-order valence-corrected chi connectivity index (χ4v) is 1.41. The minimum Gasteiger partial charge on any atom is -0.480 e. The Morgan fingerprint density at radius 2 is 1.79 bits per heavy atom. The summed E-state index contributed by atoms with van der Waals surface area (Å²) in [5.41, 5.74) is 0. The molecule has 0 aromatic rings. The number of carbonyl (C=O) groups is 3. The summed E-state index contributed by atoms with van der Waals surface area (Å²) in [5.74, 6) is -0.998. The third kappa shape index (κ3) is 8.01. The van der Waals surface area contributed by atoms with E-state index < -0.39 is 18.0 Å². The number of carboxylic acids is 1. The van der Waals surface area contributed by atoms with Gasteiger partial charge in [0.1, 0.15) is 6.04 Å². The summed E-state index contributed by atoms with van der Waals surface area (Å²) in [7, 11) is 3.26. The first-order valence-corrected chi connectivity index (χ1v) is 6.21. The maximum Gasteiger partial charge on any atom is 0.326 e. The predicted molar refractivity (Wildman–Crippen MR) is 70.7 cm³/mol. The average Bonchev–Trinajstić information content (AvgIpc) is 2.26. The summed E-state index contributed by atoms with van der Waals surface area (Å²) in [4.78, 5) is 35.1. The van der Waals surface area contributed by atoms with Gasteiger partial charge in [0, 0.05) is 27.1 Å². The standard InChI is InChI=1S/C12H23N3O4/c1-8(2)7-9(11(17)18)14-12(19)13-6-5-10(16)15(3)4/h8-9H,5-7H2,1-4H3,(H,17,18)(H2,13,14,19)/t9-/m1/s1. The predicted octanol–water partition coefficient (Wildman–Crippen LogP) is 0.263. The molecule has 3 amide bonds. The summed E-state index contributed by atoms with van der Waals surface area (Å²) in [6.07, 6.45) is 0.543. The first-order chi connectivity index (χ1) is 8.73. The summed E-state index contributed by atoms with van der Waals surface area (Å²) in [5, 5.41) is 13.8. The average molecular weight is 273 g/mol. The fraction of sp³-hybridized carbons (Fsp3) is 0.750. The molecule has 0 saturated carbocycles. The molecule has 7 heteroatoms. The number of nitrogens with zero attached hydrogens (tertiary/aromatic N) is 1. The SMILES string of the molecule is CC(C)C[C@@H](NC(=O)NCCC(=O)N(C)C)C(=O)O. The normalized spacial score (nSPS) is 11.8. The lowest BCUT2D eigenvalue weighted by Crippen LogP contribution is -2.47. The van der Waals surface area contributed by atoms with Gasteiger partial charge in [-0.2, -0.15) is 0 Å². The van der Waals surface area contributed by atoms with E-state index in [0.717, 1.165) is 0 Å². The van der Waals surface area contributed by atoms with Crippen LogP contribution in [0.2, 0.25) is 0 Å². The number of carboxylic acid groups (broad SMARTS) is 1. The van der Waals surface area contributed by atoms with Crippen LogP contribution in [0, 0.1) is 5.92 Å². The van der Waals surface area contributed by atoms with Crippen molar-refractivity contribution in [1.82, 2.24) is 15.5 Å². The van der Waals surface area contributed by atoms with Crippen molar-refractivity contribution >= 4 is 17.9 Å². The quantitative estimate of drug-likeness (QED) is 0.619. The number of nitrogens with one attached hydrogen (secondary N) is 2. The summed E-state index contributed by atoms with van der Waals surface area (Å²) in [6.45, 7) is 3.94. The molecule has 0 rings (SSSR count). The third-order valence-electron chi connectivity index (χ3n) is 2.43. The Morgan fingerprint density at radius 3 is 2.21 bits per heavy atom. The Kier molecular flexibility index (Phi) is 7.55. The highest BCUT2D eigenvalue weighted by Gasteiger charge is 2.20. The van der Waals surface area contributed by atoms with E-state index in [2.05, 4.69) is 10.6 Å². The monoisotopic (exact) mass is 273 g/mol. The maximum atomic E-state index is 11.5. The van der Waals surface area contributed by atoms with Gasteiger partial charge in [-0.25, -0.2) is 9.59 Å². The van der Waals surface area contributed by atoms with Crippen molar-refractivity contribution in [3.8, 4) is 0 Å². The molecule has 0 spiro atoms. The molecular weight excluding hydrogens is 250 g/mol. The van der Waals surface area contributed by atoms with E-state index in [9.17, 15) is 14.4 Å². The summed E-state index contributed by atoms with van der Waals surface area (Å²) < 4.78 is 0. The van der Waals surface area contributed by atoms with E-state index in [-0.39, 0.29) is 24.8 Å². The molecule has 19 heavy (non-hydrogen) atoms. The Balaban J connectivity index is 4.07. The molecule has 0 aromatic carbocycles. The zero-order chi connectivity index (χ0) is 15.0. The van der Waals surface area contributed by atoms with E-state index in [1.165, 1.54) is 4.90 Å². The van der Waals surface area contributed by atoms with Crippen molar-refractivity contribution in [3.63, 3.8) is 0 Å². The first-order valence-electron chi connectivity index (χ1n) is 6.21. The van der Waals surface area contributed by atoms with Crippen molar-refractivity contribution in [2.45, 2.75) is 32.7 Å². The molecule has 0 aliphatic rings. The van der Waals surface area contributed by atoms with Crippen molar-refractivity contribution in [2.24, 2.45) is 5.92 Å². The largest absolute Gasteiger partial charge is 0.480 e. The van der Waals surface area contributed by atoms with Crippen LogP contribution in [-0.4, -0.2) is 54.6 Å². The van der Waals surface area contributed by atoms with Gasteiger partial charge in [0.15, 0.2) is 0 Å². The Morgan fingerprint density at radius 1 is 1.21 bits per heavy atom. The molecule has 0 aliphatic heterocycles. The maximum absolute atomic E-state index is 11.5. The molecule has 0 saturated heterocycles. The number of urea groups is 1. The van der Waals surface area contributed by atoms with Gasteiger partial charge < -0.3 is 20.6 Å². The molecule has 0 aliphatic carbocycles. The first kappa shape index (κ1) is 17.2. The van der Waals surface area contributed by atoms with Crippen LogP contribution in [-0.2, 0) is 9.59 Å². The molecule has 0 heterocycles. The van der Waals surface area contributed by atoms with E-state index >= 15 is 0 Å². The topological polar surface area (TPSA) is 98.7 Å². The van der Waals surface area contributed by atoms with Gasteiger partial charge in [-0.15, -0.1) is 0 Å². The van der Waals surface area contributed by atoms with E-state index in [4.69, 9.17) is 5.11 Å². The Hall–Kier alpha value is -1.79. The number of hydrogen-bond acceptors (Lipinski definition) is 3. The molecule has 0 radical (unpaired) electrons. The third-order valence-corrected chi connectivity index (χ3v) is 2.43. The Bertz CT molecular complexity index is 329. The van der Waals surface area contributed by atoms with Crippen LogP contribution in [0.25, 0.3) is 0 Å². The molecular formula is C12H23N3O4. The molecule has 0 aromatic heterocycles. The van der Waals surface area contributed by atoms with Gasteiger partial charge in [0.05, 0.1) is 0 Å². The number of aliphatic carboxylic acids is 1. The van der Waals surface area contributed by atoms with Gasteiger partial charge in [0.2, 0.25) is 5.91 Å². The molecule has 0 bridgehead atoms. The highest BCUT2D eigenvalue weighted by molar-refractivity contribution is 5.83. The summed E-state index contributed by atoms with van der Waals surface area (Å²) in [6, 6.07) is -1.48. The van der Waals surface area contributed by atoms with Crippen LogP contribution >= 0.6 is 0 Å². The van der Waals surface area contributed by atoms with Gasteiger partial charge >= 0.3 is 12.0 Å². The highest BCUT2D eigenvalue weighted by Crippen LogP contribution is 2.04.